The summed E-state index contributed by atoms with van der Waals surface area (Å²) in [4.78, 5) is 12.9. The molecule has 1 unspecified atom stereocenters. The number of hydrogen-bond donors (Lipinski definition) is 1. The van der Waals surface area contributed by atoms with Crippen LogP contribution in [0.5, 0.6) is 0 Å². The van der Waals surface area contributed by atoms with Gasteiger partial charge in [0.1, 0.15) is 5.82 Å². The number of allylic oxidation sites excluding steroid dienone is 1. The van der Waals surface area contributed by atoms with Crippen molar-refractivity contribution in [3.63, 3.8) is 0 Å². The highest BCUT2D eigenvalue weighted by Crippen LogP contribution is 2.46. The number of aromatic nitrogens is 2. The molecule has 0 spiro atoms. The van der Waals surface area contributed by atoms with Gasteiger partial charge in [-0.25, -0.2) is 4.68 Å². The number of fused-ring (bicyclic) bond motifs is 1. The van der Waals surface area contributed by atoms with Crippen molar-refractivity contribution in [1.82, 2.24) is 9.78 Å². The van der Waals surface area contributed by atoms with Crippen molar-refractivity contribution >= 4 is 23.4 Å². The van der Waals surface area contributed by atoms with Crippen molar-refractivity contribution in [2.75, 3.05) is 16.8 Å². The van der Waals surface area contributed by atoms with Crippen molar-refractivity contribution in [2.24, 2.45) is 0 Å². The van der Waals surface area contributed by atoms with Crippen molar-refractivity contribution < 1.29 is 4.79 Å². The molecule has 2 aliphatic rings. The molecule has 1 aromatic heterocycles. The Morgan fingerprint density at radius 2 is 1.74 bits per heavy atom. The third-order valence-electron chi connectivity index (χ3n) is 5.19. The van der Waals surface area contributed by atoms with Crippen LogP contribution in [0.2, 0.25) is 0 Å². The number of thioether (sulfide) groups is 1. The smallest absolute Gasteiger partial charge is 0.171 e. The van der Waals surface area contributed by atoms with Crippen LogP contribution >= 0.6 is 11.8 Å². The van der Waals surface area contributed by atoms with Gasteiger partial charge >= 0.3 is 0 Å². The predicted octanol–water partition coefficient (Wildman–Crippen LogP) is 4.31. The fourth-order valence-electron chi connectivity index (χ4n) is 4.04. The number of carbonyl (C=O) groups excluding carboxylic acids is 1. The SMILES string of the molecule is Cc1nn(-c2ccccc2)c2c1C(c1ccccc1)C1=C(CSCC1=O)N2. The van der Waals surface area contributed by atoms with Gasteiger partial charge in [-0.1, -0.05) is 48.5 Å². The van der Waals surface area contributed by atoms with Crippen LogP contribution in [-0.2, 0) is 4.79 Å². The van der Waals surface area contributed by atoms with Crippen LogP contribution in [0.3, 0.4) is 0 Å². The van der Waals surface area contributed by atoms with E-state index in [1.54, 1.807) is 11.8 Å². The molecule has 0 fully saturated rings. The van der Waals surface area contributed by atoms with Crippen LogP contribution < -0.4 is 5.32 Å². The van der Waals surface area contributed by atoms with Crippen LogP contribution in [0.4, 0.5) is 5.82 Å². The highest BCUT2D eigenvalue weighted by molar-refractivity contribution is 8.00. The van der Waals surface area contributed by atoms with Gasteiger partial charge in [-0.15, -0.1) is 11.8 Å². The van der Waals surface area contributed by atoms with E-state index in [2.05, 4.69) is 29.6 Å². The number of ketones is 1. The van der Waals surface area contributed by atoms with E-state index in [9.17, 15) is 4.79 Å². The highest BCUT2D eigenvalue weighted by Gasteiger charge is 2.38. The molecule has 4 nitrogen and oxygen atoms in total. The Bertz CT molecular complexity index is 1050. The summed E-state index contributed by atoms with van der Waals surface area (Å²) in [6.07, 6.45) is 0. The zero-order chi connectivity index (χ0) is 18.4. The zero-order valence-corrected chi connectivity index (χ0v) is 15.8. The van der Waals surface area contributed by atoms with Crippen molar-refractivity contribution in [3.05, 3.63) is 88.8 Å². The first-order valence-electron chi connectivity index (χ1n) is 9.05. The lowest BCUT2D eigenvalue weighted by atomic mass is 9.80. The van der Waals surface area contributed by atoms with E-state index < -0.39 is 0 Å². The van der Waals surface area contributed by atoms with E-state index >= 15 is 0 Å². The van der Waals surface area contributed by atoms with Gasteiger partial charge in [-0.05, 0) is 24.6 Å². The van der Waals surface area contributed by atoms with Gasteiger partial charge < -0.3 is 5.32 Å². The van der Waals surface area contributed by atoms with Gasteiger partial charge in [0, 0.05) is 28.5 Å². The van der Waals surface area contributed by atoms with Gasteiger partial charge in [0.2, 0.25) is 0 Å². The normalized spacial score (nSPS) is 18.7. The Morgan fingerprint density at radius 3 is 2.48 bits per heavy atom. The minimum Gasteiger partial charge on any atom is -0.342 e. The van der Waals surface area contributed by atoms with Gasteiger partial charge in [0.05, 0.1) is 17.1 Å². The first-order valence-corrected chi connectivity index (χ1v) is 10.2. The highest BCUT2D eigenvalue weighted by atomic mass is 32.2. The average Bonchev–Trinajstić information content (AvgIpc) is 3.04. The Morgan fingerprint density at radius 1 is 1.04 bits per heavy atom. The second kappa shape index (κ2) is 6.43. The van der Waals surface area contributed by atoms with Crippen LogP contribution in [0.25, 0.3) is 5.69 Å². The second-order valence-corrected chi connectivity index (χ2v) is 7.86. The zero-order valence-electron chi connectivity index (χ0n) is 15.0. The Labute approximate surface area is 162 Å². The van der Waals surface area contributed by atoms with E-state index in [1.165, 1.54) is 0 Å². The van der Waals surface area contributed by atoms with Crippen LogP contribution in [0, 0.1) is 6.92 Å². The number of benzene rings is 2. The first kappa shape index (κ1) is 16.4. The molecule has 134 valence electrons. The van der Waals surface area contributed by atoms with Crippen LogP contribution in [0.15, 0.2) is 71.9 Å². The molecule has 27 heavy (non-hydrogen) atoms. The van der Waals surface area contributed by atoms with E-state index in [0.29, 0.717) is 5.75 Å². The maximum absolute atomic E-state index is 12.9. The summed E-state index contributed by atoms with van der Waals surface area (Å²) in [5, 5.41) is 8.39. The average molecular weight is 373 g/mol. The summed E-state index contributed by atoms with van der Waals surface area (Å²) in [7, 11) is 0. The molecule has 1 atom stereocenters. The molecule has 3 heterocycles. The van der Waals surface area contributed by atoms with E-state index in [1.807, 2.05) is 48.0 Å². The Balaban J connectivity index is 1.76. The lowest BCUT2D eigenvalue weighted by Crippen LogP contribution is -2.29. The minimum absolute atomic E-state index is 0.0664. The molecule has 0 radical (unpaired) electrons. The Hall–Kier alpha value is -2.79. The van der Waals surface area contributed by atoms with Gasteiger partial charge in [0.25, 0.3) is 0 Å². The molecule has 0 amide bonds. The van der Waals surface area contributed by atoms with E-state index in [0.717, 1.165) is 45.3 Å². The van der Waals surface area contributed by atoms with E-state index in [-0.39, 0.29) is 11.7 Å². The minimum atomic E-state index is -0.0664. The summed E-state index contributed by atoms with van der Waals surface area (Å²) in [6.45, 7) is 2.03. The van der Waals surface area contributed by atoms with Crippen LogP contribution in [-0.4, -0.2) is 27.1 Å². The van der Waals surface area contributed by atoms with Gasteiger partial charge in [-0.3, -0.25) is 4.79 Å². The number of para-hydroxylation sites is 1. The number of aryl methyl sites for hydroxylation is 1. The topological polar surface area (TPSA) is 46.9 Å². The maximum Gasteiger partial charge on any atom is 0.171 e. The molecule has 5 rings (SSSR count). The van der Waals surface area contributed by atoms with Crippen molar-refractivity contribution in [3.8, 4) is 5.69 Å². The maximum atomic E-state index is 12.9. The largest absolute Gasteiger partial charge is 0.342 e. The third-order valence-corrected chi connectivity index (χ3v) is 6.15. The molecule has 0 bridgehead atoms. The fourth-order valence-corrected chi connectivity index (χ4v) is 4.91. The van der Waals surface area contributed by atoms with E-state index in [4.69, 9.17) is 5.10 Å². The Kier molecular flexibility index (Phi) is 3.90. The first-order chi connectivity index (χ1) is 13.2. The molecule has 3 aromatic rings. The fraction of sp³-hybridized carbons (Fsp3) is 0.182. The molecule has 0 saturated carbocycles. The number of nitrogens with one attached hydrogen (secondary N) is 1. The van der Waals surface area contributed by atoms with Gasteiger partial charge in [0.15, 0.2) is 5.78 Å². The third kappa shape index (κ3) is 2.61. The molecule has 0 saturated heterocycles. The lowest BCUT2D eigenvalue weighted by Gasteiger charge is -2.32. The molecule has 5 heteroatoms. The number of Topliss-reactive ketones (excluding diaryl/α,β-unsaturated/α-hetero) is 1. The van der Waals surface area contributed by atoms with Crippen molar-refractivity contribution in [2.45, 2.75) is 12.8 Å². The number of hydrogen-bond acceptors (Lipinski definition) is 4. The van der Waals surface area contributed by atoms with Crippen LogP contribution in [0.1, 0.15) is 22.7 Å². The molecule has 2 aromatic carbocycles. The number of carbonyl (C=O) groups is 1. The lowest BCUT2D eigenvalue weighted by molar-refractivity contribution is -0.113. The molecule has 0 aliphatic carbocycles. The summed E-state index contributed by atoms with van der Waals surface area (Å²) < 4.78 is 1.97. The number of anilines is 1. The second-order valence-electron chi connectivity index (χ2n) is 6.87. The molecular formula is C22H19N3OS. The summed E-state index contributed by atoms with van der Waals surface area (Å²) in [5.74, 6) is 2.50. The number of rotatable bonds is 2. The number of nitrogens with zero attached hydrogens (tertiary/aromatic N) is 2. The monoisotopic (exact) mass is 373 g/mol. The van der Waals surface area contributed by atoms with Crippen molar-refractivity contribution in [1.29, 1.82) is 0 Å². The predicted molar refractivity (Wildman–Crippen MR) is 110 cm³/mol. The standard InChI is InChI=1S/C22H19N3OS/c1-14-19-20(15-8-4-2-5-9-15)21-17(12-27-13-18(21)26)23-22(19)25(24-14)16-10-6-3-7-11-16/h2-11,20,23H,12-13H2,1H3. The summed E-state index contributed by atoms with van der Waals surface area (Å²) in [5.41, 5.74) is 6.14. The summed E-state index contributed by atoms with van der Waals surface area (Å²) >= 11 is 1.67. The molecule has 2 aliphatic heterocycles. The molecule has 1 N–H and O–H groups in total. The molecular weight excluding hydrogens is 354 g/mol. The summed E-state index contributed by atoms with van der Waals surface area (Å²) in [6, 6.07) is 20.4. The quantitative estimate of drug-likeness (QED) is 0.727. The van der Waals surface area contributed by atoms with Gasteiger partial charge in [-0.2, -0.15) is 5.10 Å².